The van der Waals surface area contributed by atoms with Gasteiger partial charge in [0.25, 0.3) is 5.91 Å². The highest BCUT2D eigenvalue weighted by atomic mass is 16.2. The number of hydrogen-bond acceptors (Lipinski definition) is 3. The fourth-order valence-electron chi connectivity index (χ4n) is 3.86. The standard InChI is InChI=1S/C27H27N3O2/c1-18(2)20-13-15-22(16-14-20)29-25(31)17-30-24-12-8-7-11-23(24)26(28-19(3)27(30)32)21-9-5-4-6-10-21/h4-16,18-19H,17H2,1-3H3,(H,29,31)/t19-/m0/s1. The van der Waals surface area contributed by atoms with Crippen LogP contribution in [0.4, 0.5) is 11.4 Å². The van der Waals surface area contributed by atoms with Crippen molar-refractivity contribution in [1.29, 1.82) is 0 Å². The molecule has 0 saturated heterocycles. The molecule has 1 aliphatic rings. The average Bonchev–Trinajstić information content (AvgIpc) is 2.90. The lowest BCUT2D eigenvalue weighted by molar-refractivity contribution is -0.122. The summed E-state index contributed by atoms with van der Waals surface area (Å²) in [6.07, 6.45) is 0. The second kappa shape index (κ2) is 9.18. The Hall–Kier alpha value is -3.73. The van der Waals surface area contributed by atoms with Crippen LogP contribution in [0.15, 0.2) is 83.9 Å². The Kier molecular flexibility index (Phi) is 6.17. The fraction of sp³-hybridized carbons (Fsp3) is 0.222. The minimum Gasteiger partial charge on any atom is -0.325 e. The lowest BCUT2D eigenvalue weighted by Gasteiger charge is -2.24. The van der Waals surface area contributed by atoms with Crippen molar-refractivity contribution in [1.82, 2.24) is 0 Å². The number of para-hydroxylation sites is 1. The SMILES string of the molecule is CC(C)c1ccc(NC(=O)CN2C(=O)[C@H](C)N=C(c3ccccc3)c3ccccc32)cc1. The van der Waals surface area contributed by atoms with Crippen molar-refractivity contribution >= 4 is 28.9 Å². The lowest BCUT2D eigenvalue weighted by atomic mass is 10.0. The number of benzene rings is 3. The maximum Gasteiger partial charge on any atom is 0.252 e. The third kappa shape index (κ3) is 4.47. The quantitative estimate of drug-likeness (QED) is 0.624. The van der Waals surface area contributed by atoms with Crippen LogP contribution in [0.2, 0.25) is 0 Å². The van der Waals surface area contributed by atoms with Crippen LogP contribution in [-0.2, 0) is 9.59 Å². The van der Waals surface area contributed by atoms with Crippen LogP contribution in [0.3, 0.4) is 0 Å². The van der Waals surface area contributed by atoms with Gasteiger partial charge < -0.3 is 10.2 Å². The van der Waals surface area contributed by atoms with E-state index in [2.05, 4.69) is 19.2 Å². The van der Waals surface area contributed by atoms with Crippen LogP contribution in [0.1, 0.15) is 43.4 Å². The second-order valence-electron chi connectivity index (χ2n) is 8.29. The predicted molar refractivity (Wildman–Crippen MR) is 129 cm³/mol. The van der Waals surface area contributed by atoms with Crippen LogP contribution in [-0.4, -0.2) is 30.1 Å². The molecule has 0 bridgehead atoms. The molecule has 3 aromatic rings. The molecule has 1 atom stereocenters. The molecule has 0 fully saturated rings. The van der Waals surface area contributed by atoms with Crippen molar-refractivity contribution < 1.29 is 9.59 Å². The number of hydrogen-bond donors (Lipinski definition) is 1. The van der Waals surface area contributed by atoms with Gasteiger partial charge in [-0.25, -0.2) is 0 Å². The van der Waals surface area contributed by atoms with E-state index in [-0.39, 0.29) is 18.4 Å². The Morgan fingerprint density at radius 2 is 1.62 bits per heavy atom. The molecule has 162 valence electrons. The van der Waals surface area contributed by atoms with Crippen LogP contribution in [0.5, 0.6) is 0 Å². The normalized spacial score (nSPS) is 15.8. The largest absolute Gasteiger partial charge is 0.325 e. The lowest BCUT2D eigenvalue weighted by Crippen LogP contribution is -2.42. The summed E-state index contributed by atoms with van der Waals surface area (Å²) < 4.78 is 0. The first kappa shape index (κ1) is 21.5. The number of fused-ring (bicyclic) bond motifs is 1. The van der Waals surface area contributed by atoms with Crippen LogP contribution >= 0.6 is 0 Å². The van der Waals surface area contributed by atoms with Gasteiger partial charge in [-0.05, 0) is 36.6 Å². The van der Waals surface area contributed by atoms with Gasteiger partial charge in [0, 0.05) is 16.8 Å². The molecule has 1 aliphatic heterocycles. The maximum atomic E-state index is 13.2. The second-order valence-corrected chi connectivity index (χ2v) is 8.29. The molecule has 0 spiro atoms. The van der Waals surface area contributed by atoms with E-state index in [0.717, 1.165) is 16.8 Å². The predicted octanol–water partition coefficient (Wildman–Crippen LogP) is 5.02. The maximum absolute atomic E-state index is 13.2. The summed E-state index contributed by atoms with van der Waals surface area (Å²) in [5.74, 6) is -0.0271. The first-order valence-electron chi connectivity index (χ1n) is 10.9. The number of carbonyl (C=O) groups excluding carboxylic acids is 2. The van der Waals surface area contributed by atoms with Crippen molar-refractivity contribution in [3.05, 3.63) is 95.6 Å². The van der Waals surface area contributed by atoms with Gasteiger partial charge in [-0.15, -0.1) is 0 Å². The smallest absolute Gasteiger partial charge is 0.252 e. The molecule has 3 aromatic carbocycles. The van der Waals surface area contributed by atoms with E-state index in [4.69, 9.17) is 4.99 Å². The van der Waals surface area contributed by atoms with E-state index in [1.807, 2.05) is 78.9 Å². The molecule has 0 aliphatic carbocycles. The van der Waals surface area contributed by atoms with E-state index in [0.29, 0.717) is 17.3 Å². The molecule has 1 N–H and O–H groups in total. The summed E-state index contributed by atoms with van der Waals surface area (Å²) >= 11 is 0. The van der Waals surface area contributed by atoms with Gasteiger partial charge in [0.15, 0.2) is 0 Å². The zero-order valence-electron chi connectivity index (χ0n) is 18.6. The van der Waals surface area contributed by atoms with E-state index in [9.17, 15) is 9.59 Å². The number of amides is 2. The number of aliphatic imine (C=N–C) groups is 1. The number of nitrogens with zero attached hydrogens (tertiary/aromatic N) is 2. The summed E-state index contributed by atoms with van der Waals surface area (Å²) in [5, 5.41) is 2.91. The number of carbonyl (C=O) groups is 2. The molecule has 0 unspecified atom stereocenters. The van der Waals surface area contributed by atoms with Crippen molar-refractivity contribution in [2.75, 3.05) is 16.8 Å². The zero-order valence-corrected chi connectivity index (χ0v) is 18.6. The summed E-state index contributed by atoms with van der Waals surface area (Å²) in [4.78, 5) is 32.4. The van der Waals surface area contributed by atoms with Crippen molar-refractivity contribution in [3.63, 3.8) is 0 Å². The third-order valence-electron chi connectivity index (χ3n) is 5.61. The molecule has 0 radical (unpaired) electrons. The van der Waals surface area contributed by atoms with Gasteiger partial charge in [-0.2, -0.15) is 0 Å². The van der Waals surface area contributed by atoms with Gasteiger partial charge in [0.05, 0.1) is 11.4 Å². The Labute approximate surface area is 188 Å². The van der Waals surface area contributed by atoms with Gasteiger partial charge in [-0.3, -0.25) is 14.6 Å². The van der Waals surface area contributed by atoms with Crippen molar-refractivity contribution in [3.8, 4) is 0 Å². The Bertz CT molecular complexity index is 1150. The summed E-state index contributed by atoms with van der Waals surface area (Å²) in [6, 6.07) is 24.6. The first-order valence-corrected chi connectivity index (χ1v) is 10.9. The zero-order chi connectivity index (χ0) is 22.7. The van der Waals surface area contributed by atoms with Crippen LogP contribution < -0.4 is 10.2 Å². The molecular formula is C27H27N3O2. The molecule has 0 saturated carbocycles. The topological polar surface area (TPSA) is 61.8 Å². The molecule has 4 rings (SSSR count). The van der Waals surface area contributed by atoms with Gasteiger partial charge in [0.1, 0.15) is 12.6 Å². The summed E-state index contributed by atoms with van der Waals surface area (Å²) in [6.45, 7) is 5.95. The molecule has 1 heterocycles. The number of nitrogens with one attached hydrogen (secondary N) is 1. The Morgan fingerprint density at radius 3 is 2.31 bits per heavy atom. The molecule has 0 aromatic heterocycles. The highest BCUT2D eigenvalue weighted by Crippen LogP contribution is 2.28. The number of rotatable bonds is 5. The third-order valence-corrected chi connectivity index (χ3v) is 5.61. The molecule has 5 nitrogen and oxygen atoms in total. The molecular weight excluding hydrogens is 398 g/mol. The summed E-state index contributed by atoms with van der Waals surface area (Å²) in [7, 11) is 0. The molecule has 32 heavy (non-hydrogen) atoms. The van der Waals surface area contributed by atoms with Crippen molar-refractivity contribution in [2.45, 2.75) is 32.7 Å². The monoisotopic (exact) mass is 425 g/mol. The number of benzodiazepines with no additional fused rings is 1. The minimum absolute atomic E-state index is 0.0797. The van der Waals surface area contributed by atoms with Gasteiger partial charge in [-0.1, -0.05) is 74.5 Å². The van der Waals surface area contributed by atoms with Crippen LogP contribution in [0, 0.1) is 0 Å². The highest BCUT2D eigenvalue weighted by molar-refractivity contribution is 6.20. The van der Waals surface area contributed by atoms with Crippen LogP contribution in [0.25, 0.3) is 0 Å². The van der Waals surface area contributed by atoms with E-state index in [1.54, 1.807) is 6.92 Å². The van der Waals surface area contributed by atoms with Gasteiger partial charge >= 0.3 is 0 Å². The van der Waals surface area contributed by atoms with E-state index >= 15 is 0 Å². The fourth-order valence-corrected chi connectivity index (χ4v) is 3.86. The van der Waals surface area contributed by atoms with Gasteiger partial charge in [0.2, 0.25) is 5.91 Å². The molecule has 5 heteroatoms. The minimum atomic E-state index is -0.601. The van der Waals surface area contributed by atoms with E-state index in [1.165, 1.54) is 10.5 Å². The highest BCUT2D eigenvalue weighted by Gasteiger charge is 2.30. The molecule has 2 amide bonds. The summed E-state index contributed by atoms with van der Waals surface area (Å²) in [5.41, 5.74) is 5.15. The number of anilines is 2. The first-order chi connectivity index (χ1) is 15.4. The Morgan fingerprint density at radius 1 is 0.969 bits per heavy atom. The van der Waals surface area contributed by atoms with Crippen molar-refractivity contribution in [2.24, 2.45) is 4.99 Å². The van der Waals surface area contributed by atoms with E-state index < -0.39 is 6.04 Å². The average molecular weight is 426 g/mol. The Balaban J connectivity index is 1.62.